The molecule has 0 heterocycles. The summed E-state index contributed by atoms with van der Waals surface area (Å²) in [5.74, 6) is 2.51. The molecule has 0 saturated heterocycles. The number of hydrogen-bond acceptors (Lipinski definition) is 3. The van der Waals surface area contributed by atoms with E-state index in [9.17, 15) is 9.59 Å². The second-order valence-electron chi connectivity index (χ2n) is 4.14. The first-order valence-corrected chi connectivity index (χ1v) is 7.37. The molecule has 1 unspecified atom stereocenters. The van der Waals surface area contributed by atoms with Gasteiger partial charge >= 0.3 is 0 Å². The molecule has 0 aliphatic rings. The topological polar surface area (TPSA) is 34.1 Å². The fourth-order valence-corrected chi connectivity index (χ4v) is 2.27. The highest BCUT2D eigenvalue weighted by Crippen LogP contribution is 2.15. The van der Waals surface area contributed by atoms with Crippen molar-refractivity contribution in [3.8, 4) is 0 Å². The van der Waals surface area contributed by atoms with Gasteiger partial charge in [0.15, 0.2) is 0 Å². The van der Waals surface area contributed by atoms with Crippen LogP contribution < -0.4 is 0 Å². The minimum absolute atomic E-state index is 0.208. The predicted octanol–water partition coefficient (Wildman–Crippen LogP) is 3.48. The lowest BCUT2D eigenvalue weighted by Crippen LogP contribution is -2.09. The van der Waals surface area contributed by atoms with Crippen LogP contribution in [0.1, 0.15) is 52.9 Å². The Bertz CT molecular complexity index is 214. The highest BCUT2D eigenvalue weighted by molar-refractivity contribution is 7.99. The summed E-state index contributed by atoms with van der Waals surface area (Å²) in [5, 5.41) is 0. The Morgan fingerprint density at radius 1 is 1.19 bits per heavy atom. The Hall–Kier alpha value is -0.310. The van der Waals surface area contributed by atoms with Gasteiger partial charge in [-0.05, 0) is 31.9 Å². The van der Waals surface area contributed by atoms with Gasteiger partial charge in [0.05, 0.1) is 5.75 Å². The number of carbonyl (C=O) groups is 2. The first-order chi connectivity index (χ1) is 7.61. The van der Waals surface area contributed by atoms with Gasteiger partial charge in [0.2, 0.25) is 0 Å². The van der Waals surface area contributed by atoms with Crippen molar-refractivity contribution in [1.82, 2.24) is 0 Å². The number of thioether (sulfide) groups is 1. The largest absolute Gasteiger partial charge is 0.300 e. The molecule has 0 N–H and O–H groups in total. The molecule has 0 aliphatic heterocycles. The van der Waals surface area contributed by atoms with Crippen LogP contribution in [-0.2, 0) is 9.59 Å². The molecule has 0 aliphatic carbocycles. The van der Waals surface area contributed by atoms with E-state index in [4.69, 9.17) is 0 Å². The van der Waals surface area contributed by atoms with Crippen LogP contribution in [0.5, 0.6) is 0 Å². The number of unbranched alkanes of at least 4 members (excludes halogenated alkanes) is 1. The Morgan fingerprint density at radius 2 is 1.88 bits per heavy atom. The molecule has 0 aromatic heterocycles. The summed E-state index contributed by atoms with van der Waals surface area (Å²) in [6.07, 6.45) is 4.49. The van der Waals surface area contributed by atoms with E-state index < -0.39 is 0 Å². The normalized spacial score (nSPS) is 12.4. The number of Topliss-reactive ketones (excluding diaryl/α,β-unsaturated/α-hetero) is 2. The van der Waals surface area contributed by atoms with E-state index in [1.807, 2.05) is 0 Å². The molecule has 0 spiro atoms. The molecule has 0 radical (unpaired) electrons. The van der Waals surface area contributed by atoms with Crippen molar-refractivity contribution >= 4 is 23.3 Å². The second kappa shape index (κ2) is 9.88. The van der Waals surface area contributed by atoms with Crippen molar-refractivity contribution in [3.63, 3.8) is 0 Å². The smallest absolute Gasteiger partial charge is 0.142 e. The Morgan fingerprint density at radius 3 is 2.38 bits per heavy atom. The van der Waals surface area contributed by atoms with Crippen LogP contribution in [0.25, 0.3) is 0 Å². The lowest BCUT2D eigenvalue weighted by atomic mass is 9.95. The fourth-order valence-electron chi connectivity index (χ4n) is 1.70. The summed E-state index contributed by atoms with van der Waals surface area (Å²) in [5.41, 5.74) is 0. The van der Waals surface area contributed by atoms with Gasteiger partial charge in [-0.25, -0.2) is 0 Å². The van der Waals surface area contributed by atoms with E-state index in [2.05, 4.69) is 13.8 Å². The van der Waals surface area contributed by atoms with E-state index in [-0.39, 0.29) is 11.7 Å². The quantitative estimate of drug-likeness (QED) is 0.552. The van der Waals surface area contributed by atoms with Crippen LogP contribution in [0.3, 0.4) is 0 Å². The summed E-state index contributed by atoms with van der Waals surface area (Å²) < 4.78 is 0. The summed E-state index contributed by atoms with van der Waals surface area (Å²) >= 11 is 1.69. The summed E-state index contributed by atoms with van der Waals surface area (Å²) in [4.78, 5) is 22.5. The van der Waals surface area contributed by atoms with Gasteiger partial charge < -0.3 is 0 Å². The van der Waals surface area contributed by atoms with Crippen molar-refractivity contribution in [2.24, 2.45) is 5.92 Å². The van der Waals surface area contributed by atoms with Gasteiger partial charge in [-0.2, -0.15) is 11.8 Å². The highest BCUT2D eigenvalue weighted by Gasteiger charge is 2.11. The SMILES string of the molecule is CCSCC(=O)CCCCC(CC)C(C)=O. The van der Waals surface area contributed by atoms with Crippen LogP contribution in [0, 0.1) is 5.92 Å². The van der Waals surface area contributed by atoms with Gasteiger partial charge in [0.1, 0.15) is 11.6 Å². The minimum atomic E-state index is 0.208. The molecule has 2 nitrogen and oxygen atoms in total. The molecule has 16 heavy (non-hydrogen) atoms. The average molecular weight is 244 g/mol. The Kier molecular flexibility index (Phi) is 9.69. The maximum absolute atomic E-state index is 11.4. The number of carbonyl (C=O) groups excluding carboxylic acids is 2. The van der Waals surface area contributed by atoms with Crippen molar-refractivity contribution in [3.05, 3.63) is 0 Å². The van der Waals surface area contributed by atoms with E-state index in [1.54, 1.807) is 18.7 Å². The fraction of sp³-hybridized carbons (Fsp3) is 0.846. The van der Waals surface area contributed by atoms with E-state index >= 15 is 0 Å². The third-order valence-electron chi connectivity index (χ3n) is 2.79. The highest BCUT2D eigenvalue weighted by atomic mass is 32.2. The lowest BCUT2D eigenvalue weighted by Gasteiger charge is -2.10. The molecule has 0 aromatic rings. The number of hydrogen-bond donors (Lipinski definition) is 0. The molecular formula is C13H24O2S. The zero-order valence-electron chi connectivity index (χ0n) is 10.8. The predicted molar refractivity (Wildman–Crippen MR) is 70.9 cm³/mol. The van der Waals surface area contributed by atoms with Crippen molar-refractivity contribution in [1.29, 1.82) is 0 Å². The van der Waals surface area contributed by atoms with Gasteiger partial charge in [-0.15, -0.1) is 0 Å². The summed E-state index contributed by atoms with van der Waals surface area (Å²) in [6, 6.07) is 0. The molecule has 0 amide bonds. The van der Waals surface area contributed by atoms with Gasteiger partial charge in [-0.1, -0.05) is 20.3 Å². The molecule has 94 valence electrons. The van der Waals surface area contributed by atoms with Gasteiger partial charge in [-0.3, -0.25) is 9.59 Å². The van der Waals surface area contributed by atoms with Crippen molar-refractivity contribution in [2.45, 2.75) is 52.9 Å². The monoisotopic (exact) mass is 244 g/mol. The van der Waals surface area contributed by atoms with Crippen molar-refractivity contribution < 1.29 is 9.59 Å². The van der Waals surface area contributed by atoms with Crippen LogP contribution in [0.15, 0.2) is 0 Å². The van der Waals surface area contributed by atoms with Gasteiger partial charge in [0, 0.05) is 12.3 Å². The molecule has 3 heteroatoms. The van der Waals surface area contributed by atoms with Crippen LogP contribution in [-0.4, -0.2) is 23.1 Å². The average Bonchev–Trinajstić information content (AvgIpc) is 2.25. The van der Waals surface area contributed by atoms with E-state index in [1.165, 1.54) is 0 Å². The summed E-state index contributed by atoms with van der Waals surface area (Å²) in [7, 11) is 0. The number of ketones is 2. The molecule has 0 fully saturated rings. The van der Waals surface area contributed by atoms with Crippen LogP contribution in [0.2, 0.25) is 0 Å². The van der Waals surface area contributed by atoms with Gasteiger partial charge in [0.25, 0.3) is 0 Å². The molecule has 0 rings (SSSR count). The van der Waals surface area contributed by atoms with E-state index in [0.29, 0.717) is 18.0 Å². The third kappa shape index (κ3) is 7.91. The molecule has 0 saturated carbocycles. The summed E-state index contributed by atoms with van der Waals surface area (Å²) in [6.45, 7) is 5.78. The van der Waals surface area contributed by atoms with Crippen LogP contribution in [0.4, 0.5) is 0 Å². The molecule has 0 aromatic carbocycles. The zero-order chi connectivity index (χ0) is 12.4. The number of rotatable bonds is 10. The zero-order valence-corrected chi connectivity index (χ0v) is 11.6. The van der Waals surface area contributed by atoms with Crippen molar-refractivity contribution in [2.75, 3.05) is 11.5 Å². The molecule has 0 bridgehead atoms. The third-order valence-corrected chi connectivity index (χ3v) is 3.73. The van der Waals surface area contributed by atoms with E-state index in [0.717, 1.165) is 31.4 Å². The lowest BCUT2D eigenvalue weighted by molar-refractivity contribution is -0.121. The maximum Gasteiger partial charge on any atom is 0.142 e. The Balaban J connectivity index is 3.51. The second-order valence-corrected chi connectivity index (χ2v) is 5.41. The first-order valence-electron chi connectivity index (χ1n) is 6.21. The molecular weight excluding hydrogens is 220 g/mol. The minimum Gasteiger partial charge on any atom is -0.300 e. The molecule has 1 atom stereocenters. The Labute approximate surface area is 104 Å². The first kappa shape index (κ1) is 15.7. The van der Waals surface area contributed by atoms with Crippen LogP contribution >= 0.6 is 11.8 Å². The maximum atomic E-state index is 11.4. The standard InChI is InChI=1S/C13H24O2S/c1-4-12(11(3)14)8-6-7-9-13(15)10-16-5-2/h12H,4-10H2,1-3H3.